The number of pyridine rings is 1. The second-order valence-corrected chi connectivity index (χ2v) is 6.61. The number of nitrogens with one attached hydrogen (secondary N) is 2. The Hall–Kier alpha value is -2.64. The summed E-state index contributed by atoms with van der Waals surface area (Å²) in [6.07, 6.45) is 0.198. The predicted molar refractivity (Wildman–Crippen MR) is 96.5 cm³/mol. The number of nitrogens with zero attached hydrogens (tertiary/aromatic N) is 2. The number of aryl methyl sites for hydroxylation is 2. The highest BCUT2D eigenvalue weighted by Gasteiger charge is 2.22. The van der Waals surface area contributed by atoms with Crippen molar-refractivity contribution in [2.75, 3.05) is 26.2 Å². The largest absolute Gasteiger partial charge is 0.352 e. The van der Waals surface area contributed by atoms with E-state index in [-0.39, 0.29) is 42.7 Å². The van der Waals surface area contributed by atoms with Crippen molar-refractivity contribution < 1.29 is 14.4 Å². The van der Waals surface area contributed by atoms with Crippen molar-refractivity contribution in [2.24, 2.45) is 0 Å². The van der Waals surface area contributed by atoms with Gasteiger partial charge in [-0.05, 0) is 25.5 Å². The number of rotatable bonds is 5. The fourth-order valence-electron chi connectivity index (χ4n) is 3.03. The number of aromatic nitrogens is 1. The van der Waals surface area contributed by atoms with Gasteiger partial charge in [0.2, 0.25) is 17.7 Å². The van der Waals surface area contributed by atoms with Crippen LogP contribution in [-0.2, 0) is 20.9 Å². The second-order valence-electron chi connectivity index (χ2n) is 6.61. The molecule has 142 valence electrons. The van der Waals surface area contributed by atoms with E-state index in [1.54, 1.807) is 16.7 Å². The minimum Gasteiger partial charge on any atom is -0.352 e. The molecule has 8 nitrogen and oxygen atoms in total. The first-order valence-corrected chi connectivity index (χ1v) is 8.77. The summed E-state index contributed by atoms with van der Waals surface area (Å²) in [5.74, 6) is -0.342. The van der Waals surface area contributed by atoms with Gasteiger partial charge in [-0.25, -0.2) is 0 Å². The molecular formula is C18H26N4O4. The number of hydrogen-bond acceptors (Lipinski definition) is 4. The molecule has 0 saturated carbocycles. The Morgan fingerprint density at radius 1 is 1.08 bits per heavy atom. The molecule has 0 atom stereocenters. The van der Waals surface area contributed by atoms with Crippen molar-refractivity contribution in [2.45, 2.75) is 40.2 Å². The smallest absolute Gasteiger partial charge is 0.253 e. The van der Waals surface area contributed by atoms with E-state index >= 15 is 0 Å². The summed E-state index contributed by atoms with van der Waals surface area (Å²) in [4.78, 5) is 53.5. The Bertz CT molecular complexity index is 748. The van der Waals surface area contributed by atoms with E-state index in [4.69, 9.17) is 0 Å². The fraction of sp³-hybridized carbons (Fsp3) is 0.556. The first-order valence-electron chi connectivity index (χ1n) is 8.77. The average molecular weight is 362 g/mol. The summed E-state index contributed by atoms with van der Waals surface area (Å²) >= 11 is 0. The SMILES string of the molecule is CC(=O)N1CCN(C(=O)CCC(=O)NCc2c(C)cc(C)[nH]c2=O)CC1. The average Bonchev–Trinajstić information content (AvgIpc) is 2.58. The molecule has 8 heteroatoms. The highest BCUT2D eigenvalue weighted by Crippen LogP contribution is 2.06. The summed E-state index contributed by atoms with van der Waals surface area (Å²) in [5, 5.41) is 2.70. The third-order valence-corrected chi connectivity index (χ3v) is 4.60. The number of carbonyl (C=O) groups is 3. The quantitative estimate of drug-likeness (QED) is 0.774. The third-order valence-electron chi connectivity index (χ3n) is 4.60. The van der Waals surface area contributed by atoms with Crippen molar-refractivity contribution in [3.8, 4) is 0 Å². The molecule has 1 fully saturated rings. The molecule has 26 heavy (non-hydrogen) atoms. The maximum Gasteiger partial charge on any atom is 0.253 e. The van der Waals surface area contributed by atoms with Crippen molar-refractivity contribution in [3.05, 3.63) is 33.2 Å². The molecular weight excluding hydrogens is 336 g/mol. The van der Waals surface area contributed by atoms with E-state index < -0.39 is 0 Å². The van der Waals surface area contributed by atoms with Crippen molar-refractivity contribution in [1.29, 1.82) is 0 Å². The molecule has 0 radical (unpaired) electrons. The second kappa shape index (κ2) is 8.64. The lowest BCUT2D eigenvalue weighted by Gasteiger charge is -2.34. The van der Waals surface area contributed by atoms with Gasteiger partial charge in [-0.3, -0.25) is 19.2 Å². The summed E-state index contributed by atoms with van der Waals surface area (Å²) in [5.41, 5.74) is 1.92. The van der Waals surface area contributed by atoms with Gasteiger partial charge < -0.3 is 20.1 Å². The third kappa shape index (κ3) is 5.18. The summed E-state index contributed by atoms with van der Waals surface area (Å²) < 4.78 is 0. The van der Waals surface area contributed by atoms with E-state index in [0.717, 1.165) is 11.3 Å². The number of piperazine rings is 1. The maximum atomic E-state index is 12.2. The Labute approximate surface area is 152 Å². The Morgan fingerprint density at radius 3 is 2.27 bits per heavy atom. The van der Waals surface area contributed by atoms with E-state index in [2.05, 4.69) is 10.3 Å². The van der Waals surface area contributed by atoms with Gasteiger partial charge in [-0.15, -0.1) is 0 Å². The maximum absolute atomic E-state index is 12.2. The van der Waals surface area contributed by atoms with Crippen LogP contribution in [0.25, 0.3) is 0 Å². The van der Waals surface area contributed by atoms with Gasteiger partial charge in [0.1, 0.15) is 0 Å². The summed E-state index contributed by atoms with van der Waals surface area (Å²) in [6, 6.07) is 1.85. The van der Waals surface area contributed by atoms with E-state index in [9.17, 15) is 19.2 Å². The minimum absolute atomic E-state index is 0.0119. The molecule has 2 N–H and O–H groups in total. The van der Waals surface area contributed by atoms with Gasteiger partial charge in [0.25, 0.3) is 5.56 Å². The number of aromatic amines is 1. The molecule has 0 unspecified atom stereocenters. The van der Waals surface area contributed by atoms with Crippen LogP contribution < -0.4 is 10.9 Å². The summed E-state index contributed by atoms with van der Waals surface area (Å²) in [7, 11) is 0. The Kier molecular flexibility index (Phi) is 6.54. The number of H-pyrrole nitrogens is 1. The standard InChI is InChI=1S/C18H26N4O4/c1-12-10-13(2)20-18(26)15(12)11-19-16(24)4-5-17(25)22-8-6-21(7-9-22)14(3)23/h10H,4-9,11H2,1-3H3,(H,19,24)(H,20,26). The van der Waals surface area contributed by atoms with E-state index in [1.807, 2.05) is 13.0 Å². The highest BCUT2D eigenvalue weighted by molar-refractivity contribution is 5.84. The van der Waals surface area contributed by atoms with Gasteiger partial charge in [0.05, 0.1) is 0 Å². The zero-order valence-electron chi connectivity index (χ0n) is 15.6. The number of hydrogen-bond donors (Lipinski definition) is 2. The fourth-order valence-corrected chi connectivity index (χ4v) is 3.03. The zero-order valence-corrected chi connectivity index (χ0v) is 15.6. The lowest BCUT2D eigenvalue weighted by Crippen LogP contribution is -2.50. The van der Waals surface area contributed by atoms with Crippen LogP contribution in [0.15, 0.2) is 10.9 Å². The van der Waals surface area contributed by atoms with Crippen LogP contribution >= 0.6 is 0 Å². The van der Waals surface area contributed by atoms with E-state index in [1.165, 1.54) is 6.92 Å². The molecule has 1 aromatic rings. The van der Waals surface area contributed by atoms with Gasteiger partial charge in [-0.2, -0.15) is 0 Å². The van der Waals surface area contributed by atoms with Crippen LogP contribution in [0.3, 0.4) is 0 Å². The first kappa shape index (κ1) is 19.7. The topological polar surface area (TPSA) is 103 Å². The monoisotopic (exact) mass is 362 g/mol. The van der Waals surface area contributed by atoms with Gasteiger partial charge >= 0.3 is 0 Å². The molecule has 1 aliphatic heterocycles. The van der Waals surface area contributed by atoms with Gasteiger partial charge in [0, 0.05) is 63.7 Å². The van der Waals surface area contributed by atoms with Crippen LogP contribution in [0.1, 0.15) is 36.6 Å². The molecule has 0 aromatic carbocycles. The molecule has 0 bridgehead atoms. The molecule has 0 aliphatic carbocycles. The molecule has 2 heterocycles. The first-order chi connectivity index (χ1) is 12.3. The molecule has 1 aliphatic rings. The normalized spacial score (nSPS) is 14.3. The van der Waals surface area contributed by atoms with E-state index in [0.29, 0.717) is 31.7 Å². The van der Waals surface area contributed by atoms with Crippen LogP contribution in [-0.4, -0.2) is 58.7 Å². The minimum atomic E-state index is -0.264. The van der Waals surface area contributed by atoms with Crippen molar-refractivity contribution in [1.82, 2.24) is 20.1 Å². The highest BCUT2D eigenvalue weighted by atomic mass is 16.2. The Balaban J connectivity index is 1.76. The van der Waals surface area contributed by atoms with Crippen LogP contribution in [0.2, 0.25) is 0 Å². The predicted octanol–water partition coefficient (Wildman–Crippen LogP) is 0.0788. The van der Waals surface area contributed by atoms with Gasteiger partial charge in [-0.1, -0.05) is 0 Å². The molecule has 1 saturated heterocycles. The summed E-state index contributed by atoms with van der Waals surface area (Å²) in [6.45, 7) is 7.35. The molecule has 2 rings (SSSR count). The van der Waals surface area contributed by atoms with Crippen molar-refractivity contribution in [3.63, 3.8) is 0 Å². The lowest BCUT2D eigenvalue weighted by atomic mass is 10.1. The zero-order chi connectivity index (χ0) is 19.3. The molecule has 1 aromatic heterocycles. The van der Waals surface area contributed by atoms with Crippen LogP contribution in [0.4, 0.5) is 0 Å². The lowest BCUT2D eigenvalue weighted by molar-refractivity contribution is -0.139. The van der Waals surface area contributed by atoms with Crippen molar-refractivity contribution >= 4 is 17.7 Å². The Morgan fingerprint density at radius 2 is 1.69 bits per heavy atom. The number of carbonyl (C=O) groups excluding carboxylic acids is 3. The van der Waals surface area contributed by atoms with Crippen LogP contribution in [0, 0.1) is 13.8 Å². The molecule has 3 amide bonds. The number of amides is 3. The van der Waals surface area contributed by atoms with Crippen LogP contribution in [0.5, 0.6) is 0 Å². The van der Waals surface area contributed by atoms with Gasteiger partial charge in [0.15, 0.2) is 0 Å². The molecule has 0 spiro atoms.